The van der Waals surface area contributed by atoms with Gasteiger partial charge in [-0.15, -0.1) is 0 Å². The molecule has 2 heterocycles. The van der Waals surface area contributed by atoms with E-state index in [0.717, 1.165) is 26.2 Å². The highest BCUT2D eigenvalue weighted by Crippen LogP contribution is 2.16. The molecule has 0 aliphatic carbocycles. The van der Waals surface area contributed by atoms with Gasteiger partial charge in [-0.05, 0) is 30.4 Å². The Labute approximate surface area is 122 Å². The lowest BCUT2D eigenvalue weighted by Gasteiger charge is -2.11. The van der Waals surface area contributed by atoms with Crippen LogP contribution in [0.1, 0.15) is 31.9 Å². The third-order valence-electron chi connectivity index (χ3n) is 3.59. The van der Waals surface area contributed by atoms with Crippen molar-refractivity contribution in [3.05, 3.63) is 36.0 Å². The van der Waals surface area contributed by atoms with Gasteiger partial charge in [0.05, 0.1) is 0 Å². The summed E-state index contributed by atoms with van der Waals surface area (Å²) in [6.45, 7) is 6.80. The lowest BCUT2D eigenvalue weighted by atomic mass is 10.1. The van der Waals surface area contributed by atoms with Crippen molar-refractivity contribution in [2.75, 3.05) is 26.2 Å². The van der Waals surface area contributed by atoms with E-state index in [-0.39, 0.29) is 0 Å². The second kappa shape index (κ2) is 8.77. The van der Waals surface area contributed by atoms with Crippen molar-refractivity contribution in [2.45, 2.75) is 32.6 Å². The van der Waals surface area contributed by atoms with Crippen molar-refractivity contribution >= 4 is 10.9 Å². The molecule has 1 saturated heterocycles. The van der Waals surface area contributed by atoms with Gasteiger partial charge in [0.2, 0.25) is 0 Å². The Kier molecular flexibility index (Phi) is 6.61. The lowest BCUT2D eigenvalue weighted by Crippen LogP contribution is -2.39. The topological polar surface area (TPSA) is 39.8 Å². The van der Waals surface area contributed by atoms with Crippen LogP contribution in [0.5, 0.6) is 0 Å². The highest BCUT2D eigenvalue weighted by molar-refractivity contribution is 5.80. The summed E-state index contributed by atoms with van der Waals surface area (Å²) in [4.78, 5) is 3.45. The van der Waals surface area contributed by atoms with Gasteiger partial charge < -0.3 is 15.6 Å². The van der Waals surface area contributed by atoms with Crippen molar-refractivity contribution in [3.8, 4) is 0 Å². The van der Waals surface area contributed by atoms with Crippen LogP contribution in [0.4, 0.5) is 0 Å². The largest absolute Gasteiger partial charge is 0.358 e. The lowest BCUT2D eigenvalue weighted by molar-refractivity contribution is 0.534. The number of H-pyrrole nitrogens is 1. The molecule has 1 fully saturated rings. The van der Waals surface area contributed by atoms with Gasteiger partial charge in [-0.3, -0.25) is 0 Å². The van der Waals surface area contributed by atoms with Crippen molar-refractivity contribution in [3.63, 3.8) is 0 Å². The summed E-state index contributed by atoms with van der Waals surface area (Å²) in [6, 6.07) is 10.7. The van der Waals surface area contributed by atoms with E-state index in [9.17, 15) is 0 Å². The third-order valence-corrected chi connectivity index (χ3v) is 3.59. The standard InChI is InChI=1S/C13H17N.C4H10N2/c1-2-3-4-8-12-10-11-7-5-6-9-13(11)14-12;1-2-6-4-3-5-1/h5-7,9-10,14H,2-4,8H2,1H3;5-6H,1-4H2. The van der Waals surface area contributed by atoms with E-state index >= 15 is 0 Å². The van der Waals surface area contributed by atoms with E-state index < -0.39 is 0 Å². The second-order valence-corrected chi connectivity index (χ2v) is 5.34. The second-order valence-electron chi connectivity index (χ2n) is 5.34. The summed E-state index contributed by atoms with van der Waals surface area (Å²) >= 11 is 0. The Morgan fingerprint density at radius 3 is 2.25 bits per heavy atom. The summed E-state index contributed by atoms with van der Waals surface area (Å²) in [7, 11) is 0. The number of rotatable bonds is 4. The Hall–Kier alpha value is -1.32. The summed E-state index contributed by atoms with van der Waals surface area (Å²) in [5.41, 5.74) is 2.64. The van der Waals surface area contributed by atoms with E-state index in [4.69, 9.17) is 0 Å². The number of unbranched alkanes of at least 4 members (excludes halogenated alkanes) is 2. The molecule has 20 heavy (non-hydrogen) atoms. The van der Waals surface area contributed by atoms with Crippen LogP contribution < -0.4 is 10.6 Å². The smallest absolute Gasteiger partial charge is 0.0456 e. The van der Waals surface area contributed by atoms with E-state index in [1.54, 1.807) is 0 Å². The minimum atomic E-state index is 1.14. The quantitative estimate of drug-likeness (QED) is 0.749. The first kappa shape index (κ1) is 15.1. The van der Waals surface area contributed by atoms with Crippen molar-refractivity contribution in [2.24, 2.45) is 0 Å². The summed E-state index contributed by atoms with van der Waals surface area (Å²) < 4.78 is 0. The molecule has 0 amide bonds. The van der Waals surface area contributed by atoms with Crippen LogP contribution in [0, 0.1) is 0 Å². The Balaban J connectivity index is 0.000000205. The minimum absolute atomic E-state index is 1.14. The van der Waals surface area contributed by atoms with Gasteiger partial charge in [-0.1, -0.05) is 38.0 Å². The highest BCUT2D eigenvalue weighted by Gasteiger charge is 1.98. The SMILES string of the molecule is C1CNCCN1.CCCCCc1cc2ccccc2[nH]1. The van der Waals surface area contributed by atoms with Gasteiger partial charge in [0.25, 0.3) is 0 Å². The van der Waals surface area contributed by atoms with Crippen molar-refractivity contribution < 1.29 is 0 Å². The van der Waals surface area contributed by atoms with Crippen molar-refractivity contribution in [1.82, 2.24) is 15.6 Å². The van der Waals surface area contributed by atoms with Gasteiger partial charge in [0.15, 0.2) is 0 Å². The number of nitrogens with one attached hydrogen (secondary N) is 3. The molecule has 0 radical (unpaired) electrons. The molecule has 1 aromatic heterocycles. The van der Waals surface area contributed by atoms with Gasteiger partial charge >= 0.3 is 0 Å². The van der Waals surface area contributed by atoms with E-state index in [2.05, 4.69) is 52.9 Å². The maximum Gasteiger partial charge on any atom is 0.0456 e. The molecule has 3 rings (SSSR count). The zero-order valence-electron chi connectivity index (χ0n) is 12.5. The molecule has 3 heteroatoms. The van der Waals surface area contributed by atoms with E-state index in [1.165, 1.54) is 42.3 Å². The molecule has 3 nitrogen and oxygen atoms in total. The number of hydrogen-bond acceptors (Lipinski definition) is 2. The van der Waals surface area contributed by atoms with Crippen LogP contribution in [-0.2, 0) is 6.42 Å². The molecule has 110 valence electrons. The number of piperazine rings is 1. The van der Waals surface area contributed by atoms with E-state index in [1.807, 2.05) is 0 Å². The number of benzene rings is 1. The first-order valence-electron chi connectivity index (χ1n) is 7.88. The average Bonchev–Trinajstić information content (AvgIpc) is 2.93. The van der Waals surface area contributed by atoms with Crippen LogP contribution in [0.3, 0.4) is 0 Å². The molecule has 2 aromatic rings. The molecular formula is C17H27N3. The Bertz CT molecular complexity index is 441. The predicted molar refractivity (Wildman–Crippen MR) is 87.3 cm³/mol. The van der Waals surface area contributed by atoms with Gasteiger partial charge in [-0.2, -0.15) is 0 Å². The first-order chi connectivity index (χ1) is 9.90. The monoisotopic (exact) mass is 273 g/mol. The first-order valence-corrected chi connectivity index (χ1v) is 7.88. The maximum atomic E-state index is 3.45. The van der Waals surface area contributed by atoms with Crippen LogP contribution in [0.25, 0.3) is 10.9 Å². The normalized spacial score (nSPS) is 14.8. The Morgan fingerprint density at radius 1 is 0.950 bits per heavy atom. The van der Waals surface area contributed by atoms with Crippen LogP contribution in [-0.4, -0.2) is 31.2 Å². The Morgan fingerprint density at radius 2 is 1.65 bits per heavy atom. The van der Waals surface area contributed by atoms with Crippen LogP contribution in [0.15, 0.2) is 30.3 Å². The summed E-state index contributed by atoms with van der Waals surface area (Å²) in [5.74, 6) is 0. The maximum absolute atomic E-state index is 3.45. The number of aromatic nitrogens is 1. The molecule has 0 bridgehead atoms. The molecule has 1 aliphatic rings. The zero-order valence-corrected chi connectivity index (χ0v) is 12.5. The fourth-order valence-corrected chi connectivity index (χ4v) is 2.44. The molecule has 1 aliphatic heterocycles. The number of fused-ring (bicyclic) bond motifs is 1. The molecule has 0 saturated carbocycles. The molecule has 0 atom stereocenters. The van der Waals surface area contributed by atoms with Gasteiger partial charge in [-0.25, -0.2) is 0 Å². The molecular weight excluding hydrogens is 246 g/mol. The average molecular weight is 273 g/mol. The fraction of sp³-hybridized carbons (Fsp3) is 0.529. The summed E-state index contributed by atoms with van der Waals surface area (Å²) in [6.07, 6.45) is 5.10. The number of aryl methyl sites for hydroxylation is 1. The summed E-state index contributed by atoms with van der Waals surface area (Å²) in [5, 5.41) is 7.78. The van der Waals surface area contributed by atoms with Crippen LogP contribution >= 0.6 is 0 Å². The van der Waals surface area contributed by atoms with Gasteiger partial charge in [0, 0.05) is 37.4 Å². The number of hydrogen-bond donors (Lipinski definition) is 3. The predicted octanol–water partition coefficient (Wildman–Crippen LogP) is 3.08. The highest BCUT2D eigenvalue weighted by atomic mass is 15.0. The fourth-order valence-electron chi connectivity index (χ4n) is 2.44. The molecule has 3 N–H and O–H groups in total. The third kappa shape index (κ3) is 4.99. The number of para-hydroxylation sites is 1. The molecule has 1 aromatic carbocycles. The number of aromatic amines is 1. The van der Waals surface area contributed by atoms with E-state index in [0.29, 0.717) is 0 Å². The molecule has 0 spiro atoms. The van der Waals surface area contributed by atoms with Gasteiger partial charge in [0.1, 0.15) is 0 Å². The van der Waals surface area contributed by atoms with Crippen molar-refractivity contribution in [1.29, 1.82) is 0 Å². The molecule has 0 unspecified atom stereocenters. The zero-order chi connectivity index (χ0) is 14.0. The minimum Gasteiger partial charge on any atom is -0.358 e. The van der Waals surface area contributed by atoms with Crippen LogP contribution in [0.2, 0.25) is 0 Å².